The molecule has 4 heteroatoms. The molecule has 2 fully saturated rings. The topological polar surface area (TPSA) is 49.4 Å². The second-order valence-electron chi connectivity index (χ2n) is 6.71. The molecule has 1 aromatic rings. The lowest BCUT2D eigenvalue weighted by atomic mass is 9.71. The number of hydrogen-bond donors (Lipinski definition) is 1. The fraction of sp³-hybridized carbons (Fsp3) is 0.556. The molecule has 1 aliphatic carbocycles. The number of amides is 3. The van der Waals surface area contributed by atoms with E-state index in [0.717, 1.165) is 19.3 Å². The Morgan fingerprint density at radius 2 is 1.91 bits per heavy atom. The van der Waals surface area contributed by atoms with Crippen LogP contribution in [0.3, 0.4) is 0 Å². The Hall–Kier alpha value is -1.84. The number of nitrogens with one attached hydrogen (secondary N) is 1. The Bertz CT molecular complexity index is 551. The van der Waals surface area contributed by atoms with E-state index >= 15 is 0 Å². The molecule has 1 heterocycles. The van der Waals surface area contributed by atoms with E-state index in [0.29, 0.717) is 18.4 Å². The van der Waals surface area contributed by atoms with Gasteiger partial charge in [0.2, 0.25) is 0 Å². The van der Waals surface area contributed by atoms with Crippen LogP contribution in [-0.4, -0.2) is 29.4 Å². The number of imide groups is 1. The third-order valence-corrected chi connectivity index (χ3v) is 5.22. The molecule has 4 nitrogen and oxygen atoms in total. The third-order valence-electron chi connectivity index (χ3n) is 5.22. The van der Waals surface area contributed by atoms with Crippen molar-refractivity contribution in [1.82, 2.24) is 10.2 Å². The summed E-state index contributed by atoms with van der Waals surface area (Å²) < 4.78 is 0. The van der Waals surface area contributed by atoms with E-state index < -0.39 is 0 Å². The Labute approximate surface area is 131 Å². The van der Waals surface area contributed by atoms with E-state index in [1.165, 1.54) is 10.5 Å². The van der Waals surface area contributed by atoms with Gasteiger partial charge in [0.05, 0.1) is 0 Å². The maximum absolute atomic E-state index is 12.4. The first-order chi connectivity index (χ1) is 10.6. The molecule has 0 spiro atoms. The van der Waals surface area contributed by atoms with Gasteiger partial charge in [-0.05, 0) is 36.2 Å². The zero-order valence-electron chi connectivity index (χ0n) is 13.3. The Morgan fingerprint density at radius 3 is 2.55 bits per heavy atom. The highest BCUT2D eigenvalue weighted by molar-refractivity contribution is 6.04. The number of benzene rings is 1. The molecular formula is C18H24N2O2. The number of urea groups is 1. The van der Waals surface area contributed by atoms with E-state index in [1.807, 2.05) is 19.9 Å². The molecule has 1 N–H and O–H groups in total. The lowest BCUT2D eigenvalue weighted by Gasteiger charge is -2.37. The van der Waals surface area contributed by atoms with Crippen LogP contribution in [-0.2, 0) is 4.79 Å². The van der Waals surface area contributed by atoms with Gasteiger partial charge in [-0.25, -0.2) is 4.79 Å². The zero-order valence-corrected chi connectivity index (χ0v) is 13.3. The van der Waals surface area contributed by atoms with Gasteiger partial charge >= 0.3 is 6.03 Å². The fourth-order valence-electron chi connectivity index (χ4n) is 3.48. The van der Waals surface area contributed by atoms with Crippen LogP contribution in [0.2, 0.25) is 0 Å². The molecule has 2 aliphatic rings. The molecular weight excluding hydrogens is 276 g/mol. The summed E-state index contributed by atoms with van der Waals surface area (Å²) in [6, 6.07) is 9.94. The van der Waals surface area contributed by atoms with Crippen molar-refractivity contribution in [2.75, 3.05) is 6.54 Å². The molecule has 1 aromatic carbocycles. The van der Waals surface area contributed by atoms with E-state index in [1.54, 1.807) is 0 Å². The van der Waals surface area contributed by atoms with Crippen molar-refractivity contribution in [3.05, 3.63) is 35.9 Å². The summed E-state index contributed by atoms with van der Waals surface area (Å²) in [5, 5.41) is 2.84. The molecule has 118 valence electrons. The number of carbonyl (C=O) groups is 2. The minimum Gasteiger partial charge on any atom is -0.326 e. The first kappa shape index (κ1) is 15.1. The summed E-state index contributed by atoms with van der Waals surface area (Å²) in [6.07, 6.45) is 3.02. The van der Waals surface area contributed by atoms with Crippen LogP contribution in [0.15, 0.2) is 30.3 Å². The molecule has 1 saturated heterocycles. The fourth-order valence-corrected chi connectivity index (χ4v) is 3.48. The number of rotatable bonds is 5. The normalized spacial score (nSPS) is 29.2. The van der Waals surface area contributed by atoms with Crippen molar-refractivity contribution >= 4 is 11.9 Å². The Morgan fingerprint density at radius 1 is 1.23 bits per heavy atom. The zero-order chi connectivity index (χ0) is 15.7. The lowest BCUT2D eigenvalue weighted by molar-refractivity contribution is -0.129. The maximum Gasteiger partial charge on any atom is 0.324 e. The minimum absolute atomic E-state index is 0.0393. The Kier molecular flexibility index (Phi) is 4.19. The molecule has 3 amide bonds. The van der Waals surface area contributed by atoms with Crippen LogP contribution >= 0.6 is 0 Å². The van der Waals surface area contributed by atoms with Gasteiger partial charge in [0.1, 0.15) is 6.04 Å². The number of nitrogens with zero attached hydrogens (tertiary/aromatic N) is 1. The molecule has 3 rings (SSSR count). The molecule has 0 aromatic heterocycles. The Balaban J connectivity index is 1.55. The summed E-state index contributed by atoms with van der Waals surface area (Å²) in [5.41, 5.74) is 1.37. The minimum atomic E-state index is -0.331. The number of carbonyl (C=O) groups excluding carboxylic acids is 2. The van der Waals surface area contributed by atoms with Gasteiger partial charge in [0.15, 0.2) is 0 Å². The van der Waals surface area contributed by atoms with Crippen molar-refractivity contribution in [2.45, 2.75) is 45.1 Å². The summed E-state index contributed by atoms with van der Waals surface area (Å²) in [4.78, 5) is 25.9. The predicted octanol–water partition coefficient (Wildman–Crippen LogP) is 3.15. The van der Waals surface area contributed by atoms with E-state index in [-0.39, 0.29) is 23.9 Å². The van der Waals surface area contributed by atoms with Crippen molar-refractivity contribution < 1.29 is 9.59 Å². The highest BCUT2D eigenvalue weighted by Crippen LogP contribution is 2.42. The van der Waals surface area contributed by atoms with Gasteiger partial charge in [-0.3, -0.25) is 9.69 Å². The van der Waals surface area contributed by atoms with E-state index in [4.69, 9.17) is 0 Å². The average molecular weight is 300 g/mol. The summed E-state index contributed by atoms with van der Waals surface area (Å²) in [6.45, 7) is 4.63. The molecule has 0 radical (unpaired) electrons. The van der Waals surface area contributed by atoms with E-state index in [9.17, 15) is 9.59 Å². The van der Waals surface area contributed by atoms with Crippen LogP contribution < -0.4 is 5.32 Å². The third kappa shape index (κ3) is 2.74. The number of hydrogen-bond acceptors (Lipinski definition) is 2. The van der Waals surface area contributed by atoms with Gasteiger partial charge in [-0.1, -0.05) is 50.6 Å². The van der Waals surface area contributed by atoms with Gasteiger partial charge in [-0.15, -0.1) is 0 Å². The average Bonchev–Trinajstić information content (AvgIpc) is 2.78. The van der Waals surface area contributed by atoms with Crippen LogP contribution in [0, 0.1) is 11.8 Å². The first-order valence-electron chi connectivity index (χ1n) is 8.27. The van der Waals surface area contributed by atoms with Crippen molar-refractivity contribution in [1.29, 1.82) is 0 Å². The largest absolute Gasteiger partial charge is 0.326 e. The summed E-state index contributed by atoms with van der Waals surface area (Å²) in [5.74, 6) is 1.18. The highest BCUT2D eigenvalue weighted by Gasteiger charge is 2.43. The summed E-state index contributed by atoms with van der Waals surface area (Å²) in [7, 11) is 0. The molecule has 0 bridgehead atoms. The summed E-state index contributed by atoms with van der Waals surface area (Å²) >= 11 is 0. The van der Waals surface area contributed by atoms with Gasteiger partial charge in [-0.2, -0.15) is 0 Å². The van der Waals surface area contributed by atoms with Crippen molar-refractivity contribution in [3.8, 4) is 0 Å². The predicted molar refractivity (Wildman–Crippen MR) is 85.4 cm³/mol. The van der Waals surface area contributed by atoms with Crippen LogP contribution in [0.1, 0.15) is 44.6 Å². The lowest BCUT2D eigenvalue weighted by Crippen LogP contribution is -2.40. The van der Waals surface area contributed by atoms with Crippen LogP contribution in [0.25, 0.3) is 0 Å². The second kappa shape index (κ2) is 6.11. The molecule has 1 aliphatic heterocycles. The molecule has 22 heavy (non-hydrogen) atoms. The standard InChI is InChI=1S/C18H24N2O2/c1-3-12(2)16-17(21)20(18(22)19-16)11-13-9-15(10-13)14-7-5-4-6-8-14/h4-8,12-13,15-16H,3,9-11H2,1-2H3,(H,19,22)/t12-,13?,15?,16-/m0/s1. The van der Waals surface area contributed by atoms with Crippen LogP contribution in [0.4, 0.5) is 4.79 Å². The van der Waals surface area contributed by atoms with Crippen LogP contribution in [0.5, 0.6) is 0 Å². The maximum atomic E-state index is 12.4. The monoisotopic (exact) mass is 300 g/mol. The highest BCUT2D eigenvalue weighted by atomic mass is 16.2. The molecule has 1 saturated carbocycles. The smallest absolute Gasteiger partial charge is 0.324 e. The van der Waals surface area contributed by atoms with Crippen molar-refractivity contribution in [2.24, 2.45) is 11.8 Å². The van der Waals surface area contributed by atoms with Gasteiger partial charge in [0.25, 0.3) is 5.91 Å². The van der Waals surface area contributed by atoms with Gasteiger partial charge < -0.3 is 5.32 Å². The first-order valence-corrected chi connectivity index (χ1v) is 8.27. The quantitative estimate of drug-likeness (QED) is 0.849. The second-order valence-corrected chi connectivity index (χ2v) is 6.71. The van der Waals surface area contributed by atoms with Gasteiger partial charge in [0, 0.05) is 6.54 Å². The molecule has 2 atom stereocenters. The van der Waals surface area contributed by atoms with Crippen molar-refractivity contribution in [3.63, 3.8) is 0 Å². The SMILES string of the molecule is CC[C@H](C)[C@@H]1NC(=O)N(CC2CC(c3ccccc3)C2)C1=O. The molecule has 0 unspecified atom stereocenters. The van der Waals surface area contributed by atoms with E-state index in [2.05, 4.69) is 29.6 Å².